The molecule has 0 amide bonds. The van der Waals surface area contributed by atoms with Gasteiger partial charge in [0.05, 0.1) is 12.2 Å². The Morgan fingerprint density at radius 2 is 1.29 bits per heavy atom. The molecule has 8 nitrogen and oxygen atoms in total. The Morgan fingerprint density at radius 1 is 0.711 bits per heavy atom. The van der Waals surface area contributed by atoms with E-state index in [1.165, 1.54) is 19.3 Å². The van der Waals surface area contributed by atoms with Gasteiger partial charge in [0.2, 0.25) is 9.76 Å². The molecule has 0 aromatic carbocycles. The smallest absolute Gasteiger partial charge is 0.437 e. The van der Waals surface area contributed by atoms with E-state index in [4.69, 9.17) is 34.5 Å². The van der Waals surface area contributed by atoms with E-state index in [9.17, 15) is 0 Å². The van der Waals surface area contributed by atoms with E-state index < -0.39 is 42.8 Å². The zero-order chi connectivity index (χ0) is 28.7. The van der Waals surface area contributed by atoms with Gasteiger partial charge in [0.15, 0.2) is 8.32 Å². The molecule has 0 N–H and O–H groups in total. The molecule has 38 heavy (non-hydrogen) atoms. The van der Waals surface area contributed by atoms with Gasteiger partial charge in [-0.25, -0.2) is 0 Å². The molecule has 5 atom stereocenters. The third-order valence-corrected chi connectivity index (χ3v) is 26.9. The number of hydrogen-bond acceptors (Lipinski definition) is 8. The van der Waals surface area contributed by atoms with Crippen molar-refractivity contribution in [2.24, 2.45) is 5.92 Å². The van der Waals surface area contributed by atoms with Crippen LogP contribution in [0.4, 0.5) is 0 Å². The summed E-state index contributed by atoms with van der Waals surface area (Å²) in [6.07, 6.45) is 5.74. The van der Waals surface area contributed by atoms with Gasteiger partial charge in [-0.05, 0) is 117 Å². The minimum Gasteiger partial charge on any atom is -0.437 e. The Hall–Kier alpha value is 0.981. The standard InChI is InChI=1S/C24H56O8Si6/c1-12-25-38(26-13-2,27-14-3)20-19-37(11,30-34(5,6)7)32-36(10,31-35(8,9)29-33-4)18-17-22-15-16-23-24(21-22)28-23/h22-24H,12-21H2,1-11H3. The maximum atomic E-state index is 7.29. The van der Waals surface area contributed by atoms with Crippen LogP contribution in [0.5, 0.6) is 0 Å². The van der Waals surface area contributed by atoms with Crippen molar-refractivity contribution in [1.82, 2.24) is 0 Å². The Morgan fingerprint density at radius 3 is 1.79 bits per heavy atom. The highest BCUT2D eigenvalue weighted by molar-refractivity contribution is 6.90. The highest BCUT2D eigenvalue weighted by Gasteiger charge is 2.52. The molecule has 0 spiro atoms. The lowest BCUT2D eigenvalue weighted by Gasteiger charge is -2.44. The topological polar surface area (TPSA) is 77.1 Å². The minimum atomic E-state index is -2.83. The minimum absolute atomic E-state index is 0.405. The van der Waals surface area contributed by atoms with Crippen molar-refractivity contribution < 1.29 is 34.5 Å². The molecule has 1 aliphatic heterocycles. The zero-order valence-corrected chi connectivity index (χ0v) is 32.1. The zero-order valence-electron chi connectivity index (χ0n) is 26.1. The first-order chi connectivity index (χ1) is 17.6. The van der Waals surface area contributed by atoms with Gasteiger partial charge >= 0.3 is 34.5 Å². The second kappa shape index (κ2) is 14.9. The SMILES string of the molecule is CCO[Si](CC[Si](C)(O[Si](C)(C)C)O[Si](C)(CCC1CCC2OC2C1)O[Si](C)(C)O[Si]C)(OCC)OCC. The van der Waals surface area contributed by atoms with E-state index in [0.717, 1.165) is 18.5 Å². The molecule has 1 saturated heterocycles. The van der Waals surface area contributed by atoms with Crippen LogP contribution in [0.1, 0.15) is 46.5 Å². The highest BCUT2D eigenvalue weighted by Crippen LogP contribution is 2.42. The average Bonchev–Trinajstić information content (AvgIpc) is 3.54. The van der Waals surface area contributed by atoms with Crippen LogP contribution in [0, 0.1) is 5.92 Å². The Bertz CT molecular complexity index is 697. The fourth-order valence-electron chi connectivity index (χ4n) is 5.73. The third kappa shape index (κ3) is 12.1. The molecule has 1 heterocycles. The van der Waals surface area contributed by atoms with E-state index in [0.29, 0.717) is 53.8 Å². The predicted molar refractivity (Wildman–Crippen MR) is 166 cm³/mol. The summed E-state index contributed by atoms with van der Waals surface area (Å²) in [4.78, 5) is 0. The summed E-state index contributed by atoms with van der Waals surface area (Å²) in [5.74, 6) is 0.677. The van der Waals surface area contributed by atoms with Crippen molar-refractivity contribution in [1.29, 1.82) is 0 Å². The molecular weight excluding hydrogens is 585 g/mol. The van der Waals surface area contributed by atoms with Crippen LogP contribution < -0.4 is 0 Å². The Kier molecular flexibility index (Phi) is 13.8. The van der Waals surface area contributed by atoms with Gasteiger partial charge in [-0.2, -0.15) is 0 Å². The van der Waals surface area contributed by atoms with Crippen molar-refractivity contribution >= 4 is 52.6 Å². The Labute approximate surface area is 241 Å². The number of epoxide rings is 1. The van der Waals surface area contributed by atoms with Gasteiger partial charge in [-0.1, -0.05) is 0 Å². The van der Waals surface area contributed by atoms with Crippen LogP contribution in [-0.2, 0) is 34.5 Å². The first-order valence-electron chi connectivity index (χ1n) is 14.6. The van der Waals surface area contributed by atoms with Crippen molar-refractivity contribution in [3.05, 3.63) is 0 Å². The maximum absolute atomic E-state index is 7.29. The van der Waals surface area contributed by atoms with E-state index in [1.54, 1.807) is 0 Å². The summed E-state index contributed by atoms with van der Waals surface area (Å²) in [6.45, 7) is 25.3. The molecule has 0 aromatic rings. The quantitative estimate of drug-likeness (QED) is 0.112. The first kappa shape index (κ1) is 35.2. The third-order valence-electron chi connectivity index (χ3n) is 6.86. The van der Waals surface area contributed by atoms with Crippen LogP contribution in [0.25, 0.3) is 0 Å². The molecule has 0 bridgehead atoms. The molecule has 1 aliphatic carbocycles. The fraction of sp³-hybridized carbons (Fsp3) is 1.00. The second-order valence-corrected chi connectivity index (χ2v) is 31.3. The van der Waals surface area contributed by atoms with Gasteiger partial charge in [0, 0.05) is 25.9 Å². The number of rotatable bonds is 20. The van der Waals surface area contributed by atoms with E-state index in [2.05, 4.69) is 52.4 Å². The normalized spacial score (nSPS) is 25.5. The molecule has 5 unspecified atom stereocenters. The summed E-state index contributed by atoms with van der Waals surface area (Å²) in [5.41, 5.74) is 0. The predicted octanol–water partition coefficient (Wildman–Crippen LogP) is 6.41. The van der Waals surface area contributed by atoms with Crippen LogP contribution in [0.3, 0.4) is 0 Å². The van der Waals surface area contributed by atoms with Gasteiger partial charge < -0.3 is 34.5 Å². The summed E-state index contributed by atoms with van der Waals surface area (Å²) >= 11 is 0. The van der Waals surface area contributed by atoms with E-state index in [-0.39, 0.29) is 0 Å². The lowest BCUT2D eigenvalue weighted by atomic mass is 9.88. The molecule has 2 aliphatic rings. The van der Waals surface area contributed by atoms with Gasteiger partial charge in [-0.15, -0.1) is 0 Å². The number of hydrogen-bond donors (Lipinski definition) is 0. The molecule has 2 rings (SSSR count). The molecule has 2 fully saturated rings. The van der Waals surface area contributed by atoms with Crippen LogP contribution >= 0.6 is 0 Å². The number of ether oxygens (including phenoxy) is 1. The molecule has 14 heteroatoms. The van der Waals surface area contributed by atoms with E-state index in [1.807, 2.05) is 20.8 Å². The van der Waals surface area contributed by atoms with Crippen molar-refractivity contribution in [3.63, 3.8) is 0 Å². The monoisotopic (exact) mass is 640 g/mol. The van der Waals surface area contributed by atoms with Crippen molar-refractivity contribution in [2.75, 3.05) is 19.8 Å². The maximum Gasteiger partial charge on any atom is 0.500 e. The lowest BCUT2D eigenvalue weighted by molar-refractivity contribution is 0.0719. The summed E-state index contributed by atoms with van der Waals surface area (Å²) in [7, 11) is -12.0. The fourth-order valence-corrected chi connectivity index (χ4v) is 29.9. The van der Waals surface area contributed by atoms with Gasteiger partial charge in [0.25, 0.3) is 0 Å². The van der Waals surface area contributed by atoms with Gasteiger partial charge in [0.1, 0.15) is 0 Å². The van der Waals surface area contributed by atoms with Crippen molar-refractivity contribution in [2.45, 2.75) is 129 Å². The van der Waals surface area contributed by atoms with Crippen LogP contribution in [-0.4, -0.2) is 84.6 Å². The van der Waals surface area contributed by atoms with Crippen LogP contribution in [0.2, 0.25) is 70.5 Å². The molecular formula is C24H56O8Si6. The molecule has 1 saturated carbocycles. The highest BCUT2D eigenvalue weighted by atomic mass is 28.5. The number of fused-ring (bicyclic) bond motifs is 1. The first-order valence-corrected chi connectivity index (χ1v) is 29.3. The lowest BCUT2D eigenvalue weighted by Crippen LogP contribution is -2.60. The molecule has 0 aromatic heterocycles. The second-order valence-electron chi connectivity index (χ2n) is 12.3. The van der Waals surface area contributed by atoms with Crippen molar-refractivity contribution in [3.8, 4) is 0 Å². The largest absolute Gasteiger partial charge is 0.500 e. The summed E-state index contributed by atoms with van der Waals surface area (Å²) in [6, 6.07) is 2.40. The summed E-state index contributed by atoms with van der Waals surface area (Å²) in [5, 5.41) is 0. The molecule has 224 valence electrons. The Balaban J connectivity index is 2.28. The van der Waals surface area contributed by atoms with E-state index >= 15 is 0 Å². The summed E-state index contributed by atoms with van der Waals surface area (Å²) < 4.78 is 51.8. The van der Waals surface area contributed by atoms with Crippen LogP contribution in [0.15, 0.2) is 0 Å². The molecule has 2 radical (unpaired) electrons. The average molecular weight is 641 g/mol. The van der Waals surface area contributed by atoms with Gasteiger partial charge in [-0.3, -0.25) is 0 Å².